The van der Waals surface area contributed by atoms with E-state index in [0.29, 0.717) is 23.6 Å². The molecule has 25 heavy (non-hydrogen) atoms. The fourth-order valence-electron chi connectivity index (χ4n) is 3.32. The quantitative estimate of drug-likeness (QED) is 0.826. The van der Waals surface area contributed by atoms with Crippen LogP contribution in [-0.4, -0.2) is 11.8 Å². The molecule has 2 N–H and O–H groups in total. The molecule has 0 spiro atoms. The molecule has 4 heteroatoms. The van der Waals surface area contributed by atoms with Gasteiger partial charge >= 0.3 is 0 Å². The van der Waals surface area contributed by atoms with Crippen molar-refractivity contribution in [3.8, 4) is 0 Å². The molecule has 1 fully saturated rings. The van der Waals surface area contributed by atoms with Gasteiger partial charge in [0.1, 0.15) is 0 Å². The van der Waals surface area contributed by atoms with E-state index < -0.39 is 0 Å². The maximum absolute atomic E-state index is 12.2. The lowest BCUT2D eigenvalue weighted by Gasteiger charge is -2.10. The highest BCUT2D eigenvalue weighted by atomic mass is 16.2. The molecule has 0 saturated heterocycles. The molecule has 0 atom stereocenters. The molecule has 0 unspecified atom stereocenters. The van der Waals surface area contributed by atoms with Gasteiger partial charge in [0.15, 0.2) is 0 Å². The van der Waals surface area contributed by atoms with Crippen LogP contribution in [-0.2, 0) is 4.79 Å². The summed E-state index contributed by atoms with van der Waals surface area (Å²) in [6.45, 7) is 1.96. The topological polar surface area (TPSA) is 58.2 Å². The van der Waals surface area contributed by atoms with Gasteiger partial charge < -0.3 is 10.6 Å². The molecule has 1 aliphatic rings. The maximum Gasteiger partial charge on any atom is 0.255 e. The van der Waals surface area contributed by atoms with Crippen LogP contribution in [0.2, 0.25) is 0 Å². The molecule has 2 aromatic carbocycles. The van der Waals surface area contributed by atoms with E-state index in [1.54, 1.807) is 18.2 Å². The Morgan fingerprint density at radius 3 is 2.24 bits per heavy atom. The van der Waals surface area contributed by atoms with E-state index in [0.717, 1.165) is 24.1 Å². The normalized spacial score (nSPS) is 14.3. The molecule has 130 valence electrons. The van der Waals surface area contributed by atoms with Gasteiger partial charge in [-0.05, 0) is 62.1 Å². The number of anilines is 2. The van der Waals surface area contributed by atoms with Gasteiger partial charge in [0, 0.05) is 23.4 Å². The predicted molar refractivity (Wildman–Crippen MR) is 101 cm³/mol. The fourth-order valence-corrected chi connectivity index (χ4v) is 3.32. The van der Waals surface area contributed by atoms with Crippen LogP contribution in [0.25, 0.3) is 0 Å². The highest BCUT2D eigenvalue weighted by Gasteiger charge is 2.18. The van der Waals surface area contributed by atoms with Crippen LogP contribution in [0, 0.1) is 12.8 Å². The molecular formula is C21H24N2O2. The number of carbonyl (C=O) groups excluding carboxylic acids is 2. The SMILES string of the molecule is Cc1cccc(C(=O)Nc2ccc(NC(=O)CC3CCCC3)cc2)c1. The minimum atomic E-state index is -0.137. The van der Waals surface area contributed by atoms with Crippen molar-refractivity contribution in [3.63, 3.8) is 0 Å². The van der Waals surface area contributed by atoms with Gasteiger partial charge in [-0.3, -0.25) is 9.59 Å². The van der Waals surface area contributed by atoms with Crippen LogP contribution < -0.4 is 10.6 Å². The van der Waals surface area contributed by atoms with Gasteiger partial charge in [0.25, 0.3) is 5.91 Å². The summed E-state index contributed by atoms with van der Waals surface area (Å²) in [4.78, 5) is 24.3. The summed E-state index contributed by atoms with van der Waals surface area (Å²) in [7, 11) is 0. The number of amides is 2. The maximum atomic E-state index is 12.2. The lowest BCUT2D eigenvalue weighted by atomic mass is 10.0. The van der Waals surface area contributed by atoms with Crippen LogP contribution in [0.15, 0.2) is 48.5 Å². The molecule has 2 aromatic rings. The molecule has 0 aromatic heterocycles. The monoisotopic (exact) mass is 336 g/mol. The molecule has 0 aliphatic heterocycles. The smallest absolute Gasteiger partial charge is 0.255 e. The first-order valence-electron chi connectivity index (χ1n) is 8.88. The molecule has 0 bridgehead atoms. The summed E-state index contributed by atoms with van der Waals surface area (Å²) < 4.78 is 0. The van der Waals surface area contributed by atoms with E-state index in [4.69, 9.17) is 0 Å². The molecule has 0 radical (unpaired) electrons. The summed E-state index contributed by atoms with van der Waals surface area (Å²) in [5, 5.41) is 5.81. The van der Waals surface area contributed by atoms with Gasteiger partial charge in [0.2, 0.25) is 5.91 Å². The van der Waals surface area contributed by atoms with E-state index in [1.807, 2.05) is 37.3 Å². The van der Waals surface area contributed by atoms with Crippen molar-refractivity contribution in [2.45, 2.75) is 39.0 Å². The van der Waals surface area contributed by atoms with Gasteiger partial charge in [-0.1, -0.05) is 30.5 Å². The van der Waals surface area contributed by atoms with Crippen LogP contribution >= 0.6 is 0 Å². The van der Waals surface area contributed by atoms with Crippen molar-refractivity contribution < 1.29 is 9.59 Å². The third kappa shape index (κ3) is 4.92. The highest BCUT2D eigenvalue weighted by molar-refractivity contribution is 6.04. The van der Waals surface area contributed by atoms with Crippen molar-refractivity contribution in [2.75, 3.05) is 10.6 Å². The zero-order valence-corrected chi connectivity index (χ0v) is 14.5. The summed E-state index contributed by atoms with van der Waals surface area (Å²) in [5.41, 5.74) is 3.15. The number of aryl methyl sites for hydroxylation is 1. The molecule has 4 nitrogen and oxygen atoms in total. The summed E-state index contributed by atoms with van der Waals surface area (Å²) in [6, 6.07) is 14.7. The van der Waals surface area contributed by atoms with Crippen molar-refractivity contribution in [3.05, 3.63) is 59.7 Å². The molecular weight excluding hydrogens is 312 g/mol. The second-order valence-corrected chi connectivity index (χ2v) is 6.80. The van der Waals surface area contributed by atoms with Gasteiger partial charge in [0.05, 0.1) is 0 Å². The van der Waals surface area contributed by atoms with E-state index in [-0.39, 0.29) is 11.8 Å². The lowest BCUT2D eigenvalue weighted by Crippen LogP contribution is -2.15. The molecule has 3 rings (SSSR count). The Hall–Kier alpha value is -2.62. The number of rotatable bonds is 5. The standard InChI is InChI=1S/C21H24N2O2/c1-15-5-4-8-17(13-15)21(25)23-19-11-9-18(10-12-19)22-20(24)14-16-6-2-3-7-16/h4-5,8-13,16H,2-3,6-7,14H2,1H3,(H,22,24)(H,23,25). The van der Waals surface area contributed by atoms with Crippen molar-refractivity contribution >= 4 is 23.2 Å². The van der Waals surface area contributed by atoms with Crippen molar-refractivity contribution in [2.24, 2.45) is 5.92 Å². The zero-order chi connectivity index (χ0) is 17.6. The first kappa shape index (κ1) is 17.2. The van der Waals surface area contributed by atoms with Gasteiger partial charge in [-0.25, -0.2) is 0 Å². The summed E-state index contributed by atoms with van der Waals surface area (Å²) in [6.07, 6.45) is 5.42. The van der Waals surface area contributed by atoms with E-state index in [1.165, 1.54) is 12.8 Å². The first-order chi connectivity index (χ1) is 12.1. The van der Waals surface area contributed by atoms with E-state index >= 15 is 0 Å². The number of benzene rings is 2. The van der Waals surface area contributed by atoms with Crippen molar-refractivity contribution in [1.29, 1.82) is 0 Å². The second kappa shape index (κ2) is 7.97. The molecule has 0 heterocycles. The minimum absolute atomic E-state index is 0.0726. The Labute approximate surface area is 148 Å². The average Bonchev–Trinajstić information content (AvgIpc) is 3.09. The van der Waals surface area contributed by atoms with Gasteiger partial charge in [-0.15, -0.1) is 0 Å². The average molecular weight is 336 g/mol. The Balaban J connectivity index is 1.54. The number of carbonyl (C=O) groups is 2. The Morgan fingerprint density at radius 2 is 1.60 bits per heavy atom. The minimum Gasteiger partial charge on any atom is -0.326 e. The summed E-state index contributed by atoms with van der Waals surface area (Å²) in [5.74, 6) is 0.470. The van der Waals surface area contributed by atoms with Crippen LogP contribution in [0.4, 0.5) is 11.4 Å². The molecule has 1 saturated carbocycles. The third-order valence-electron chi connectivity index (χ3n) is 4.66. The van der Waals surface area contributed by atoms with Crippen LogP contribution in [0.5, 0.6) is 0 Å². The predicted octanol–water partition coefficient (Wildman–Crippen LogP) is 4.77. The number of hydrogen-bond donors (Lipinski definition) is 2. The Kier molecular flexibility index (Phi) is 5.49. The number of nitrogens with one attached hydrogen (secondary N) is 2. The van der Waals surface area contributed by atoms with Crippen LogP contribution in [0.1, 0.15) is 48.0 Å². The Bertz CT molecular complexity index is 747. The van der Waals surface area contributed by atoms with Gasteiger partial charge in [-0.2, -0.15) is 0 Å². The molecule has 1 aliphatic carbocycles. The van der Waals surface area contributed by atoms with E-state index in [2.05, 4.69) is 10.6 Å². The molecule has 2 amide bonds. The van der Waals surface area contributed by atoms with Crippen LogP contribution in [0.3, 0.4) is 0 Å². The highest BCUT2D eigenvalue weighted by Crippen LogP contribution is 2.27. The fraction of sp³-hybridized carbons (Fsp3) is 0.333. The zero-order valence-electron chi connectivity index (χ0n) is 14.5. The van der Waals surface area contributed by atoms with E-state index in [9.17, 15) is 9.59 Å². The third-order valence-corrected chi connectivity index (χ3v) is 4.66. The first-order valence-corrected chi connectivity index (χ1v) is 8.88. The summed E-state index contributed by atoms with van der Waals surface area (Å²) >= 11 is 0. The largest absolute Gasteiger partial charge is 0.326 e. The lowest BCUT2D eigenvalue weighted by molar-refractivity contribution is -0.117. The van der Waals surface area contributed by atoms with Crippen molar-refractivity contribution in [1.82, 2.24) is 0 Å². The Morgan fingerprint density at radius 1 is 0.960 bits per heavy atom. The number of hydrogen-bond acceptors (Lipinski definition) is 2. The second-order valence-electron chi connectivity index (χ2n) is 6.80.